The van der Waals surface area contributed by atoms with Gasteiger partial charge in [0, 0.05) is 18.9 Å². The van der Waals surface area contributed by atoms with E-state index < -0.39 is 0 Å². The topological polar surface area (TPSA) is 51.2 Å². The summed E-state index contributed by atoms with van der Waals surface area (Å²) in [4.78, 5) is 15.8. The van der Waals surface area contributed by atoms with Gasteiger partial charge in [-0.3, -0.25) is 9.78 Å². The monoisotopic (exact) mass is 334 g/mol. The Balaban J connectivity index is 0.00000264. The normalized spacial score (nSPS) is 10.6. The van der Waals surface area contributed by atoms with Gasteiger partial charge in [0.05, 0.1) is 5.56 Å². The molecule has 2 aromatic rings. The molecule has 4 nitrogen and oxygen atoms in total. The lowest BCUT2D eigenvalue weighted by atomic mass is 10.1. The zero-order valence-corrected chi connectivity index (χ0v) is 14.5. The number of nitrogens with zero attached hydrogens (tertiary/aromatic N) is 1. The van der Waals surface area contributed by atoms with Gasteiger partial charge < -0.3 is 10.1 Å². The van der Waals surface area contributed by atoms with E-state index in [1.54, 1.807) is 24.5 Å². The lowest BCUT2D eigenvalue weighted by Crippen LogP contribution is -2.25. The Morgan fingerprint density at radius 1 is 1.17 bits per heavy atom. The minimum absolute atomic E-state index is 0. The van der Waals surface area contributed by atoms with Crippen LogP contribution >= 0.6 is 12.4 Å². The molecule has 1 heterocycles. The van der Waals surface area contributed by atoms with Crippen LogP contribution in [-0.4, -0.2) is 23.0 Å². The second-order valence-electron chi connectivity index (χ2n) is 6.11. The molecule has 0 aliphatic heterocycles. The molecule has 1 aromatic heterocycles. The first-order valence-electron chi connectivity index (χ1n) is 7.40. The van der Waals surface area contributed by atoms with Gasteiger partial charge in [0.2, 0.25) is 0 Å². The van der Waals surface area contributed by atoms with Crippen molar-refractivity contribution in [2.45, 2.75) is 32.8 Å². The van der Waals surface area contributed by atoms with Gasteiger partial charge in [-0.25, -0.2) is 0 Å². The van der Waals surface area contributed by atoms with Crippen molar-refractivity contribution in [3.63, 3.8) is 0 Å². The molecular formula is C18H23ClN2O2. The molecule has 0 unspecified atom stereocenters. The highest BCUT2D eigenvalue weighted by atomic mass is 35.5. The van der Waals surface area contributed by atoms with Gasteiger partial charge in [-0.1, -0.05) is 12.1 Å². The first kappa shape index (κ1) is 19.0. The molecule has 124 valence electrons. The van der Waals surface area contributed by atoms with Gasteiger partial charge in [-0.2, -0.15) is 0 Å². The number of carbonyl (C=O) groups is 1. The Kier molecular flexibility index (Phi) is 7.04. The van der Waals surface area contributed by atoms with Crippen LogP contribution in [0, 0.1) is 0 Å². The second-order valence-corrected chi connectivity index (χ2v) is 6.11. The summed E-state index contributed by atoms with van der Waals surface area (Å²) in [6.07, 6.45) is 3.99. The van der Waals surface area contributed by atoms with Crippen LogP contribution in [0.15, 0.2) is 48.8 Å². The fourth-order valence-electron chi connectivity index (χ4n) is 2.00. The third-order valence-corrected chi connectivity index (χ3v) is 2.97. The number of ether oxygens (including phenoxy) is 1. The highest BCUT2D eigenvalue weighted by Crippen LogP contribution is 2.18. The van der Waals surface area contributed by atoms with Crippen LogP contribution in [0.2, 0.25) is 0 Å². The lowest BCUT2D eigenvalue weighted by molar-refractivity contribution is 0.0953. The fraction of sp³-hybridized carbons (Fsp3) is 0.333. The predicted octanol–water partition coefficient (Wildman–Crippen LogP) is 3.65. The highest BCUT2D eigenvalue weighted by Gasteiger charge is 2.11. The van der Waals surface area contributed by atoms with Crippen molar-refractivity contribution in [2.75, 3.05) is 6.54 Å². The van der Waals surface area contributed by atoms with E-state index >= 15 is 0 Å². The largest absolute Gasteiger partial charge is 0.488 e. The Bertz CT molecular complexity index is 607. The zero-order chi connectivity index (χ0) is 16.0. The number of rotatable bonds is 5. The Morgan fingerprint density at radius 2 is 1.87 bits per heavy atom. The van der Waals surface area contributed by atoms with Crippen LogP contribution in [0.25, 0.3) is 0 Å². The summed E-state index contributed by atoms with van der Waals surface area (Å²) in [6.45, 7) is 6.66. The van der Waals surface area contributed by atoms with Crippen molar-refractivity contribution in [2.24, 2.45) is 0 Å². The Morgan fingerprint density at radius 3 is 2.43 bits per heavy atom. The van der Waals surface area contributed by atoms with E-state index in [-0.39, 0.29) is 23.9 Å². The van der Waals surface area contributed by atoms with E-state index in [0.717, 1.165) is 17.7 Å². The highest BCUT2D eigenvalue weighted by molar-refractivity contribution is 5.93. The minimum Gasteiger partial charge on any atom is -0.488 e. The number of carbonyl (C=O) groups excluding carboxylic acids is 1. The molecule has 0 fully saturated rings. The third kappa shape index (κ3) is 6.70. The average molecular weight is 335 g/mol. The summed E-state index contributed by atoms with van der Waals surface area (Å²) >= 11 is 0. The van der Waals surface area contributed by atoms with Crippen molar-refractivity contribution in [1.29, 1.82) is 0 Å². The molecular weight excluding hydrogens is 312 g/mol. The Labute approximate surface area is 143 Å². The second kappa shape index (κ2) is 8.53. The molecule has 0 saturated heterocycles. The average Bonchev–Trinajstić information content (AvgIpc) is 2.48. The molecule has 0 radical (unpaired) electrons. The van der Waals surface area contributed by atoms with Crippen molar-refractivity contribution in [3.05, 3.63) is 59.9 Å². The predicted molar refractivity (Wildman–Crippen MR) is 94.3 cm³/mol. The van der Waals surface area contributed by atoms with Crippen LogP contribution in [-0.2, 0) is 6.42 Å². The van der Waals surface area contributed by atoms with Gasteiger partial charge in [-0.05, 0) is 57.0 Å². The van der Waals surface area contributed by atoms with Gasteiger partial charge >= 0.3 is 0 Å². The third-order valence-electron chi connectivity index (χ3n) is 2.97. The van der Waals surface area contributed by atoms with Crippen LogP contribution in [0.3, 0.4) is 0 Å². The summed E-state index contributed by atoms with van der Waals surface area (Å²) in [7, 11) is 0. The number of benzene rings is 1. The van der Waals surface area contributed by atoms with E-state index in [0.29, 0.717) is 12.1 Å². The molecule has 0 saturated carbocycles. The molecule has 23 heavy (non-hydrogen) atoms. The van der Waals surface area contributed by atoms with Gasteiger partial charge in [-0.15, -0.1) is 12.4 Å². The SMILES string of the molecule is CC(C)(C)Oc1ccc(CCNC(=O)c2cccnc2)cc1.Cl. The van der Waals surface area contributed by atoms with E-state index in [4.69, 9.17) is 4.74 Å². The maximum atomic E-state index is 11.9. The number of halogens is 1. The number of amides is 1. The molecule has 2 rings (SSSR count). The quantitative estimate of drug-likeness (QED) is 0.908. The first-order chi connectivity index (χ1) is 10.4. The van der Waals surface area contributed by atoms with Crippen LogP contribution < -0.4 is 10.1 Å². The molecule has 1 aromatic carbocycles. The molecule has 1 amide bonds. The molecule has 0 bridgehead atoms. The van der Waals surface area contributed by atoms with E-state index in [2.05, 4.69) is 10.3 Å². The Hall–Kier alpha value is -2.07. The van der Waals surface area contributed by atoms with Crippen molar-refractivity contribution < 1.29 is 9.53 Å². The van der Waals surface area contributed by atoms with E-state index in [9.17, 15) is 4.79 Å². The summed E-state index contributed by atoms with van der Waals surface area (Å²) in [5.74, 6) is 0.761. The number of aromatic nitrogens is 1. The molecule has 0 spiro atoms. The molecule has 0 atom stereocenters. The standard InChI is InChI=1S/C18H22N2O2.ClH/c1-18(2,3)22-16-8-6-14(7-9-16)10-12-20-17(21)15-5-4-11-19-13-15;/h4-9,11,13H,10,12H2,1-3H3,(H,20,21);1H. The van der Waals surface area contributed by atoms with Crippen LogP contribution in [0.4, 0.5) is 0 Å². The molecule has 0 aliphatic rings. The number of hydrogen-bond donors (Lipinski definition) is 1. The van der Waals surface area contributed by atoms with Gasteiger partial charge in [0.1, 0.15) is 11.4 Å². The molecule has 0 aliphatic carbocycles. The summed E-state index contributed by atoms with van der Waals surface area (Å²) in [6, 6.07) is 11.5. The molecule has 1 N–H and O–H groups in total. The fourth-order valence-corrected chi connectivity index (χ4v) is 2.00. The van der Waals surface area contributed by atoms with Gasteiger partial charge in [0.15, 0.2) is 0 Å². The van der Waals surface area contributed by atoms with E-state index in [1.807, 2.05) is 45.0 Å². The van der Waals surface area contributed by atoms with Crippen LogP contribution in [0.5, 0.6) is 5.75 Å². The minimum atomic E-state index is -0.195. The lowest BCUT2D eigenvalue weighted by Gasteiger charge is -2.21. The number of pyridine rings is 1. The number of hydrogen-bond acceptors (Lipinski definition) is 3. The zero-order valence-electron chi connectivity index (χ0n) is 13.7. The maximum absolute atomic E-state index is 11.9. The summed E-state index contributed by atoms with van der Waals surface area (Å²) in [5, 5.41) is 2.89. The van der Waals surface area contributed by atoms with Crippen LogP contribution in [0.1, 0.15) is 36.7 Å². The summed E-state index contributed by atoms with van der Waals surface area (Å²) in [5.41, 5.74) is 1.54. The first-order valence-corrected chi connectivity index (χ1v) is 7.40. The van der Waals surface area contributed by atoms with Crippen molar-refractivity contribution in [1.82, 2.24) is 10.3 Å². The van der Waals surface area contributed by atoms with Crippen molar-refractivity contribution >= 4 is 18.3 Å². The maximum Gasteiger partial charge on any atom is 0.252 e. The van der Waals surface area contributed by atoms with Gasteiger partial charge in [0.25, 0.3) is 5.91 Å². The molecule has 5 heteroatoms. The van der Waals surface area contributed by atoms with Crippen molar-refractivity contribution in [3.8, 4) is 5.75 Å². The van der Waals surface area contributed by atoms with E-state index in [1.165, 1.54) is 0 Å². The summed E-state index contributed by atoms with van der Waals surface area (Å²) < 4.78 is 5.78. The smallest absolute Gasteiger partial charge is 0.252 e. The number of nitrogens with one attached hydrogen (secondary N) is 1.